The summed E-state index contributed by atoms with van der Waals surface area (Å²) in [5, 5.41) is 4.06. The molecule has 0 spiro atoms. The zero-order valence-electron chi connectivity index (χ0n) is 11.9. The predicted molar refractivity (Wildman–Crippen MR) is 76.5 cm³/mol. The van der Waals surface area contributed by atoms with E-state index in [1.54, 1.807) is 28.9 Å². The average Bonchev–Trinajstić information content (AvgIpc) is 2.91. The number of hydrogen-bond acceptors (Lipinski definition) is 6. The Hall–Kier alpha value is -2.57. The summed E-state index contributed by atoms with van der Waals surface area (Å²) >= 11 is 0. The molecular formula is C14H18N4O3. The Kier molecular flexibility index (Phi) is 5.14. The Morgan fingerprint density at radius 2 is 2.29 bits per heavy atom. The molecule has 0 fully saturated rings. The number of esters is 1. The van der Waals surface area contributed by atoms with Gasteiger partial charge in [-0.25, -0.2) is 14.5 Å². The van der Waals surface area contributed by atoms with Gasteiger partial charge in [0.2, 0.25) is 0 Å². The number of nitrogen functional groups attached to an aromatic ring is 1. The van der Waals surface area contributed by atoms with Gasteiger partial charge in [-0.05, 0) is 18.6 Å². The molecule has 0 atom stereocenters. The first-order valence-electron chi connectivity index (χ1n) is 6.69. The van der Waals surface area contributed by atoms with E-state index in [0.29, 0.717) is 17.3 Å². The molecule has 0 aliphatic rings. The van der Waals surface area contributed by atoms with Gasteiger partial charge in [0.15, 0.2) is 19.0 Å². The van der Waals surface area contributed by atoms with E-state index in [1.165, 1.54) is 6.33 Å². The van der Waals surface area contributed by atoms with Crippen molar-refractivity contribution in [1.29, 1.82) is 0 Å². The van der Waals surface area contributed by atoms with Crippen molar-refractivity contribution in [2.75, 3.05) is 12.3 Å². The first-order valence-corrected chi connectivity index (χ1v) is 6.69. The quantitative estimate of drug-likeness (QED) is 0.612. The molecule has 1 aromatic heterocycles. The van der Waals surface area contributed by atoms with Gasteiger partial charge >= 0.3 is 5.97 Å². The van der Waals surface area contributed by atoms with Gasteiger partial charge in [-0.2, -0.15) is 5.10 Å². The molecule has 2 aromatic rings. The summed E-state index contributed by atoms with van der Waals surface area (Å²) in [7, 11) is 0. The number of aromatic nitrogens is 3. The smallest absolute Gasteiger partial charge is 0.344 e. The fourth-order valence-electron chi connectivity index (χ4n) is 1.73. The minimum absolute atomic E-state index is 0.0825. The first-order chi connectivity index (χ1) is 10.2. The zero-order chi connectivity index (χ0) is 15.1. The van der Waals surface area contributed by atoms with E-state index in [0.717, 1.165) is 13.0 Å². The molecule has 0 aliphatic carbocycles. The molecular weight excluding hydrogens is 272 g/mol. The highest BCUT2D eigenvalue weighted by Gasteiger charge is 2.09. The fourth-order valence-corrected chi connectivity index (χ4v) is 1.73. The van der Waals surface area contributed by atoms with Crippen molar-refractivity contribution in [3.8, 4) is 5.75 Å². The molecule has 0 unspecified atom stereocenters. The number of nitrogens with two attached hydrogens (primary N) is 1. The molecule has 2 N–H and O–H groups in total. The third-order valence-corrected chi connectivity index (χ3v) is 2.71. The van der Waals surface area contributed by atoms with Crippen LogP contribution < -0.4 is 10.5 Å². The highest BCUT2D eigenvalue weighted by atomic mass is 16.6. The molecule has 21 heavy (non-hydrogen) atoms. The van der Waals surface area contributed by atoms with Crippen molar-refractivity contribution in [3.05, 3.63) is 36.4 Å². The van der Waals surface area contributed by atoms with Crippen molar-refractivity contribution in [1.82, 2.24) is 14.8 Å². The van der Waals surface area contributed by atoms with Crippen LogP contribution in [0.3, 0.4) is 0 Å². The maximum atomic E-state index is 11.6. The van der Waals surface area contributed by atoms with Crippen LogP contribution >= 0.6 is 0 Å². The summed E-state index contributed by atoms with van der Waals surface area (Å²) < 4.78 is 12.1. The Balaban J connectivity index is 1.78. The van der Waals surface area contributed by atoms with Gasteiger partial charge in [-0.1, -0.05) is 13.0 Å². The van der Waals surface area contributed by atoms with Crippen LogP contribution in [-0.2, 0) is 22.7 Å². The monoisotopic (exact) mass is 290 g/mol. The molecule has 0 saturated heterocycles. The Morgan fingerprint density at radius 3 is 3.05 bits per heavy atom. The molecule has 0 amide bonds. The molecule has 0 radical (unpaired) electrons. The van der Waals surface area contributed by atoms with Gasteiger partial charge in [0.1, 0.15) is 12.1 Å². The Morgan fingerprint density at radius 1 is 1.43 bits per heavy atom. The van der Waals surface area contributed by atoms with Gasteiger partial charge in [0.25, 0.3) is 0 Å². The maximum absolute atomic E-state index is 11.6. The van der Waals surface area contributed by atoms with Crippen LogP contribution in [0.4, 0.5) is 5.69 Å². The lowest BCUT2D eigenvalue weighted by atomic mass is 10.3. The highest BCUT2D eigenvalue weighted by molar-refractivity contribution is 5.71. The summed E-state index contributed by atoms with van der Waals surface area (Å²) in [6.45, 7) is 2.69. The number of carbonyl (C=O) groups excluding carboxylic acids is 1. The normalized spacial score (nSPS) is 10.3. The van der Waals surface area contributed by atoms with Crippen molar-refractivity contribution in [2.45, 2.75) is 26.5 Å². The average molecular weight is 290 g/mol. The molecule has 0 bridgehead atoms. The van der Waals surface area contributed by atoms with E-state index >= 15 is 0 Å². The molecule has 1 aromatic carbocycles. The Bertz CT molecular complexity index is 597. The fraction of sp³-hybridized carbons (Fsp3) is 0.357. The number of aryl methyl sites for hydroxylation is 1. The van der Waals surface area contributed by atoms with Crippen molar-refractivity contribution in [2.24, 2.45) is 0 Å². The highest BCUT2D eigenvalue weighted by Crippen LogP contribution is 2.14. The van der Waals surface area contributed by atoms with Crippen molar-refractivity contribution < 1.29 is 14.3 Å². The van der Waals surface area contributed by atoms with Crippen LogP contribution in [0.25, 0.3) is 0 Å². The molecule has 7 nitrogen and oxygen atoms in total. The molecule has 0 saturated carbocycles. The van der Waals surface area contributed by atoms with Crippen LogP contribution in [0.2, 0.25) is 0 Å². The number of anilines is 1. The number of ether oxygens (including phenoxy) is 2. The van der Waals surface area contributed by atoms with Gasteiger partial charge < -0.3 is 15.2 Å². The third-order valence-electron chi connectivity index (χ3n) is 2.71. The number of nitrogens with zero attached hydrogens (tertiary/aromatic N) is 3. The van der Waals surface area contributed by atoms with Crippen LogP contribution in [0.1, 0.15) is 19.2 Å². The van der Waals surface area contributed by atoms with Crippen molar-refractivity contribution >= 4 is 11.7 Å². The number of hydrogen-bond donors (Lipinski definition) is 1. The molecule has 2 rings (SSSR count). The Labute approximate surface area is 122 Å². The first kappa shape index (κ1) is 14.8. The van der Waals surface area contributed by atoms with E-state index < -0.39 is 5.97 Å². The van der Waals surface area contributed by atoms with Crippen molar-refractivity contribution in [3.63, 3.8) is 0 Å². The number of benzene rings is 1. The summed E-state index contributed by atoms with van der Waals surface area (Å²) in [4.78, 5) is 15.7. The summed E-state index contributed by atoms with van der Waals surface area (Å²) in [6.07, 6.45) is 2.38. The minimum Gasteiger partial charge on any atom is -0.482 e. The van der Waals surface area contributed by atoms with Gasteiger partial charge in [-0.3, -0.25) is 0 Å². The lowest BCUT2D eigenvalue weighted by molar-refractivity contribution is -0.147. The van der Waals surface area contributed by atoms with Crippen LogP contribution in [0, 0.1) is 0 Å². The van der Waals surface area contributed by atoms with E-state index in [4.69, 9.17) is 15.2 Å². The summed E-state index contributed by atoms with van der Waals surface area (Å²) in [5.41, 5.74) is 6.20. The number of rotatable bonds is 7. The van der Waals surface area contributed by atoms with Crippen LogP contribution in [0.15, 0.2) is 30.6 Å². The molecule has 0 aliphatic heterocycles. The lowest BCUT2D eigenvalue weighted by Crippen LogP contribution is -2.16. The summed E-state index contributed by atoms with van der Waals surface area (Å²) in [6, 6.07) is 6.86. The zero-order valence-corrected chi connectivity index (χ0v) is 11.9. The lowest BCUT2D eigenvalue weighted by Gasteiger charge is -2.08. The van der Waals surface area contributed by atoms with E-state index in [2.05, 4.69) is 10.1 Å². The number of carbonyl (C=O) groups is 1. The second-order valence-electron chi connectivity index (χ2n) is 4.42. The second kappa shape index (κ2) is 7.28. The second-order valence-corrected chi connectivity index (χ2v) is 4.42. The van der Waals surface area contributed by atoms with Gasteiger partial charge in [0.05, 0.1) is 0 Å². The SMILES string of the molecule is CCCn1ncnc1COC(=O)COc1cccc(N)c1. The molecule has 112 valence electrons. The van der Waals surface area contributed by atoms with Gasteiger partial charge in [0, 0.05) is 18.3 Å². The van der Waals surface area contributed by atoms with E-state index in [9.17, 15) is 4.79 Å². The standard InChI is InChI=1S/C14H18N4O3/c1-2-6-18-13(16-10-17-18)8-21-14(19)9-20-12-5-3-4-11(15)7-12/h3-5,7,10H,2,6,8-9,15H2,1H3. The van der Waals surface area contributed by atoms with Crippen LogP contribution in [-0.4, -0.2) is 27.3 Å². The summed E-state index contributed by atoms with van der Waals surface area (Å²) in [5.74, 6) is 0.679. The largest absolute Gasteiger partial charge is 0.482 e. The predicted octanol–water partition coefficient (Wildman–Crippen LogP) is 1.39. The molecule has 1 heterocycles. The van der Waals surface area contributed by atoms with E-state index in [-0.39, 0.29) is 13.2 Å². The third kappa shape index (κ3) is 4.48. The molecule has 7 heteroatoms. The minimum atomic E-state index is -0.469. The topological polar surface area (TPSA) is 92.3 Å². The van der Waals surface area contributed by atoms with Crippen LogP contribution in [0.5, 0.6) is 5.75 Å². The van der Waals surface area contributed by atoms with E-state index in [1.807, 2.05) is 6.92 Å². The maximum Gasteiger partial charge on any atom is 0.344 e. The van der Waals surface area contributed by atoms with Gasteiger partial charge in [-0.15, -0.1) is 0 Å².